The number of rotatable bonds is 4. The predicted octanol–water partition coefficient (Wildman–Crippen LogP) is 1.65. The van der Waals surface area contributed by atoms with E-state index in [1.54, 1.807) is 4.90 Å². The van der Waals surface area contributed by atoms with E-state index in [0.717, 1.165) is 61.4 Å². The normalized spacial score (nSPS) is 21.8. The van der Waals surface area contributed by atoms with Gasteiger partial charge in [-0.25, -0.2) is 4.79 Å². The van der Waals surface area contributed by atoms with Gasteiger partial charge in [0.05, 0.1) is 12.2 Å². The van der Waals surface area contributed by atoms with Crippen LogP contribution < -0.4 is 19.3 Å². The van der Waals surface area contributed by atoms with Crippen molar-refractivity contribution in [3.63, 3.8) is 0 Å². The van der Waals surface area contributed by atoms with E-state index in [2.05, 4.69) is 9.80 Å². The number of fused-ring (bicyclic) bond motifs is 1. The Labute approximate surface area is 175 Å². The van der Waals surface area contributed by atoms with Crippen molar-refractivity contribution >= 4 is 17.6 Å². The molecule has 160 valence electrons. The first kappa shape index (κ1) is 19.0. The number of aryl methyl sites for hydroxylation is 1. The van der Waals surface area contributed by atoms with Gasteiger partial charge in [-0.2, -0.15) is 5.10 Å². The third-order valence-corrected chi connectivity index (χ3v) is 6.02. The van der Waals surface area contributed by atoms with Crippen molar-refractivity contribution in [2.24, 2.45) is 7.05 Å². The zero-order valence-electron chi connectivity index (χ0n) is 17.4. The molecule has 1 aromatic heterocycles. The number of carbonyl (C=O) groups is 1. The van der Waals surface area contributed by atoms with Crippen LogP contribution in [-0.4, -0.2) is 79.4 Å². The lowest BCUT2D eigenvalue weighted by Crippen LogP contribution is -2.51. The summed E-state index contributed by atoms with van der Waals surface area (Å²) in [7, 11) is 1.91. The van der Waals surface area contributed by atoms with Crippen molar-refractivity contribution in [3.8, 4) is 11.5 Å². The van der Waals surface area contributed by atoms with Gasteiger partial charge in [0, 0.05) is 39.8 Å². The van der Waals surface area contributed by atoms with Crippen LogP contribution in [0.1, 0.15) is 5.69 Å². The van der Waals surface area contributed by atoms with Gasteiger partial charge in [-0.15, -0.1) is 0 Å². The Morgan fingerprint density at radius 3 is 2.57 bits per heavy atom. The molecule has 1 aromatic carbocycles. The van der Waals surface area contributed by atoms with E-state index in [9.17, 15) is 4.79 Å². The van der Waals surface area contributed by atoms with Gasteiger partial charge >= 0.3 is 6.09 Å². The summed E-state index contributed by atoms with van der Waals surface area (Å²) >= 11 is 0. The molecule has 1 amide bonds. The second-order valence-electron chi connectivity index (χ2n) is 7.93. The maximum Gasteiger partial charge on any atom is 0.414 e. The molecule has 4 heterocycles. The quantitative estimate of drug-likeness (QED) is 0.755. The molecular weight excluding hydrogens is 386 g/mol. The molecule has 0 unspecified atom stereocenters. The highest BCUT2D eigenvalue weighted by molar-refractivity contribution is 5.94. The van der Waals surface area contributed by atoms with Crippen molar-refractivity contribution < 1.29 is 19.0 Å². The van der Waals surface area contributed by atoms with Gasteiger partial charge in [0.25, 0.3) is 0 Å². The highest BCUT2D eigenvalue weighted by atomic mass is 16.6. The number of anilines is 2. The van der Waals surface area contributed by atoms with Crippen LogP contribution in [-0.2, 0) is 11.8 Å². The molecule has 0 saturated carbocycles. The van der Waals surface area contributed by atoms with E-state index >= 15 is 0 Å². The Morgan fingerprint density at radius 2 is 1.83 bits per heavy atom. The van der Waals surface area contributed by atoms with Crippen LogP contribution in [0.3, 0.4) is 0 Å². The number of hydrogen-bond donors (Lipinski definition) is 0. The third kappa shape index (κ3) is 3.43. The van der Waals surface area contributed by atoms with Crippen LogP contribution in [0.2, 0.25) is 0 Å². The van der Waals surface area contributed by atoms with Crippen LogP contribution in [0.15, 0.2) is 24.3 Å². The minimum Gasteiger partial charge on any atom is -0.486 e. The zero-order chi connectivity index (χ0) is 20.7. The van der Waals surface area contributed by atoms with Gasteiger partial charge < -0.3 is 19.1 Å². The first-order chi connectivity index (χ1) is 14.6. The van der Waals surface area contributed by atoms with Crippen LogP contribution in [0.5, 0.6) is 11.5 Å². The highest BCUT2D eigenvalue weighted by Crippen LogP contribution is 2.34. The molecule has 0 radical (unpaired) electrons. The lowest BCUT2D eigenvalue weighted by Gasteiger charge is -2.38. The molecule has 3 aliphatic rings. The fourth-order valence-electron chi connectivity index (χ4n) is 4.29. The predicted molar refractivity (Wildman–Crippen MR) is 112 cm³/mol. The van der Waals surface area contributed by atoms with Crippen LogP contribution in [0, 0.1) is 6.92 Å². The average molecular weight is 413 g/mol. The summed E-state index contributed by atoms with van der Waals surface area (Å²) in [6.45, 7) is 7.87. The largest absolute Gasteiger partial charge is 0.486 e. The Bertz CT molecular complexity index is 937. The maximum atomic E-state index is 12.1. The number of cyclic esters (lactones) is 1. The number of benzene rings is 1. The Balaban J connectivity index is 1.23. The van der Waals surface area contributed by atoms with Crippen LogP contribution in [0.25, 0.3) is 0 Å². The first-order valence-electron chi connectivity index (χ1n) is 10.4. The van der Waals surface area contributed by atoms with E-state index in [1.165, 1.54) is 0 Å². The number of carbonyl (C=O) groups excluding carboxylic acids is 1. The van der Waals surface area contributed by atoms with Gasteiger partial charge in [-0.1, -0.05) is 12.1 Å². The lowest BCUT2D eigenvalue weighted by atomic mass is 10.2. The monoisotopic (exact) mass is 413 g/mol. The Morgan fingerprint density at radius 1 is 1.07 bits per heavy atom. The fourth-order valence-corrected chi connectivity index (χ4v) is 4.29. The van der Waals surface area contributed by atoms with Crippen LogP contribution >= 0.6 is 0 Å². The van der Waals surface area contributed by atoms with Crippen molar-refractivity contribution in [1.82, 2.24) is 14.7 Å². The molecule has 9 heteroatoms. The molecular formula is C21H27N5O4. The second kappa shape index (κ2) is 7.71. The van der Waals surface area contributed by atoms with Gasteiger partial charge in [0.15, 0.2) is 17.3 Å². The number of amides is 1. The van der Waals surface area contributed by atoms with Gasteiger partial charge in [0.2, 0.25) is 0 Å². The summed E-state index contributed by atoms with van der Waals surface area (Å²) in [5.41, 5.74) is 1.84. The Hall–Kier alpha value is -2.94. The summed E-state index contributed by atoms with van der Waals surface area (Å²) < 4.78 is 18.9. The number of ether oxygens (including phenoxy) is 3. The standard InChI is InChI=1S/C21H27N5O4/c1-15-19(26-11-12-28-21(26)27)20(22-23(15)2)25-9-7-24(8-10-25)13-16-14-29-17-5-3-4-6-18(17)30-16/h3-6,16H,7-14H2,1-2H3/t16-/m0/s1. The summed E-state index contributed by atoms with van der Waals surface area (Å²) in [6.07, 6.45) is -0.265. The van der Waals surface area contributed by atoms with E-state index in [1.807, 2.05) is 42.9 Å². The van der Waals surface area contributed by atoms with Crippen molar-refractivity contribution in [2.75, 3.05) is 62.3 Å². The molecule has 5 rings (SSSR count). The van der Waals surface area contributed by atoms with E-state index < -0.39 is 0 Å². The van der Waals surface area contributed by atoms with Gasteiger partial charge in [0.1, 0.15) is 25.0 Å². The molecule has 0 spiro atoms. The highest BCUT2D eigenvalue weighted by Gasteiger charge is 2.33. The molecule has 1 atom stereocenters. The fraction of sp³-hybridized carbons (Fsp3) is 0.524. The van der Waals surface area contributed by atoms with E-state index in [0.29, 0.717) is 19.8 Å². The number of nitrogens with zero attached hydrogens (tertiary/aromatic N) is 5. The van der Waals surface area contributed by atoms with Crippen molar-refractivity contribution in [1.29, 1.82) is 0 Å². The maximum absolute atomic E-state index is 12.1. The molecule has 2 saturated heterocycles. The van der Waals surface area contributed by atoms with Crippen molar-refractivity contribution in [2.45, 2.75) is 13.0 Å². The van der Waals surface area contributed by atoms with Crippen LogP contribution in [0.4, 0.5) is 16.3 Å². The minimum atomic E-state index is -0.291. The molecule has 0 bridgehead atoms. The first-order valence-corrected chi connectivity index (χ1v) is 10.4. The average Bonchev–Trinajstić information content (AvgIpc) is 3.31. The molecule has 2 aromatic rings. The van der Waals surface area contributed by atoms with Crippen molar-refractivity contribution in [3.05, 3.63) is 30.0 Å². The third-order valence-electron chi connectivity index (χ3n) is 6.02. The lowest BCUT2D eigenvalue weighted by molar-refractivity contribution is 0.0571. The summed E-state index contributed by atoms with van der Waals surface area (Å²) in [5.74, 6) is 2.50. The second-order valence-corrected chi connectivity index (χ2v) is 7.93. The summed E-state index contributed by atoms with van der Waals surface area (Å²) in [6, 6.07) is 7.81. The molecule has 3 aliphatic heterocycles. The molecule has 30 heavy (non-hydrogen) atoms. The zero-order valence-corrected chi connectivity index (χ0v) is 17.4. The van der Waals surface area contributed by atoms with Gasteiger partial charge in [-0.3, -0.25) is 14.5 Å². The topological polar surface area (TPSA) is 72.3 Å². The molecule has 9 nitrogen and oxygen atoms in total. The summed E-state index contributed by atoms with van der Waals surface area (Å²) in [4.78, 5) is 18.5. The number of piperazine rings is 1. The smallest absolute Gasteiger partial charge is 0.414 e. The van der Waals surface area contributed by atoms with E-state index in [-0.39, 0.29) is 12.2 Å². The number of para-hydroxylation sites is 2. The van der Waals surface area contributed by atoms with Gasteiger partial charge in [-0.05, 0) is 19.1 Å². The number of hydrogen-bond acceptors (Lipinski definition) is 7. The summed E-state index contributed by atoms with van der Waals surface area (Å²) in [5, 5.41) is 4.71. The molecule has 0 aliphatic carbocycles. The molecule has 2 fully saturated rings. The molecule has 0 N–H and O–H groups in total. The van der Waals surface area contributed by atoms with E-state index in [4.69, 9.17) is 19.3 Å². The minimum absolute atomic E-state index is 0.0264. The number of aromatic nitrogens is 2. The Kier molecular flexibility index (Phi) is 4.90. The SMILES string of the molecule is Cc1c(N2CCOC2=O)c(N2CCN(C[C@H]3COc4ccccc4O3)CC2)nn1C.